The van der Waals surface area contributed by atoms with Gasteiger partial charge in [-0.25, -0.2) is 4.79 Å². The molecule has 0 spiro atoms. The van der Waals surface area contributed by atoms with E-state index in [0.717, 1.165) is 64.6 Å². The average Bonchev–Trinajstić information content (AvgIpc) is 3.99. The first kappa shape index (κ1) is 33.2. The largest absolute Gasteiger partial charge is 0.441 e. The van der Waals surface area contributed by atoms with Crippen molar-refractivity contribution in [3.8, 4) is 11.5 Å². The number of ether oxygens (including phenoxy) is 3. The van der Waals surface area contributed by atoms with E-state index in [9.17, 15) is 14.4 Å². The van der Waals surface area contributed by atoms with Crippen LogP contribution in [0.5, 0.6) is 11.5 Å². The molecule has 50 heavy (non-hydrogen) atoms. The summed E-state index contributed by atoms with van der Waals surface area (Å²) < 4.78 is 19.1. The molecule has 262 valence electrons. The number of benzene rings is 3. The van der Waals surface area contributed by atoms with Crippen LogP contribution in [-0.2, 0) is 19.9 Å². The Bertz CT molecular complexity index is 1860. The van der Waals surface area contributed by atoms with Gasteiger partial charge in [-0.05, 0) is 128 Å². The second-order valence-corrected chi connectivity index (χ2v) is 16.5. The van der Waals surface area contributed by atoms with Crippen LogP contribution in [0.15, 0.2) is 48.5 Å². The van der Waals surface area contributed by atoms with Crippen LogP contribution in [0, 0.1) is 49.4 Å². The number of carbonyl (C=O) groups excluding carboxylic acids is 3. The average molecular weight is 675 g/mol. The van der Waals surface area contributed by atoms with E-state index in [1.165, 1.54) is 25.7 Å². The number of hydrogen-bond donors (Lipinski definition) is 0. The number of hydrogen-bond acceptors (Lipinski definition) is 6. The van der Waals surface area contributed by atoms with Crippen LogP contribution in [0.1, 0.15) is 140 Å². The minimum absolute atomic E-state index is 0.000319. The molecule has 6 heteroatoms. The van der Waals surface area contributed by atoms with Crippen molar-refractivity contribution in [3.05, 3.63) is 93.0 Å². The van der Waals surface area contributed by atoms with Gasteiger partial charge in [0, 0.05) is 16.7 Å². The molecule has 6 nitrogen and oxygen atoms in total. The summed E-state index contributed by atoms with van der Waals surface area (Å²) in [6.45, 7) is 12.4. The van der Waals surface area contributed by atoms with E-state index in [1.807, 2.05) is 50.2 Å². The number of fused-ring (bicyclic) bond motifs is 3. The Kier molecular flexibility index (Phi) is 8.23. The molecule has 0 saturated heterocycles. The lowest BCUT2D eigenvalue weighted by Gasteiger charge is -2.35. The highest BCUT2D eigenvalue weighted by Gasteiger charge is 2.57. The van der Waals surface area contributed by atoms with Crippen molar-refractivity contribution >= 4 is 17.9 Å². The first-order valence-electron chi connectivity index (χ1n) is 19.1. The predicted octanol–water partition coefficient (Wildman–Crippen LogP) is 9.70. The maximum atomic E-state index is 13.8. The van der Waals surface area contributed by atoms with Gasteiger partial charge in [0.1, 0.15) is 11.5 Å². The van der Waals surface area contributed by atoms with Crippen LogP contribution < -0.4 is 9.47 Å². The van der Waals surface area contributed by atoms with Crippen LogP contribution in [0.25, 0.3) is 0 Å². The Labute approximate surface area is 296 Å². The van der Waals surface area contributed by atoms with Crippen LogP contribution in [0.2, 0.25) is 0 Å². The van der Waals surface area contributed by atoms with Crippen LogP contribution >= 0.6 is 0 Å². The Morgan fingerprint density at radius 1 is 0.660 bits per heavy atom. The third kappa shape index (κ3) is 5.31. The summed E-state index contributed by atoms with van der Waals surface area (Å²) in [7, 11) is 0. The number of rotatable bonds is 8. The van der Waals surface area contributed by atoms with E-state index in [0.29, 0.717) is 40.7 Å². The summed E-state index contributed by atoms with van der Waals surface area (Å²) in [5.74, 6) is 2.48. The third-order valence-corrected chi connectivity index (χ3v) is 12.8. The van der Waals surface area contributed by atoms with Gasteiger partial charge >= 0.3 is 17.9 Å². The van der Waals surface area contributed by atoms with Gasteiger partial charge in [0.2, 0.25) is 0 Å². The minimum Gasteiger partial charge on any atom is -0.441 e. The molecule has 8 rings (SSSR count). The first-order valence-corrected chi connectivity index (χ1v) is 19.1. The van der Waals surface area contributed by atoms with Gasteiger partial charge in [0.05, 0.1) is 17.4 Å². The maximum absolute atomic E-state index is 13.8. The fraction of sp³-hybridized carbons (Fsp3) is 0.523. The second kappa shape index (κ2) is 12.4. The summed E-state index contributed by atoms with van der Waals surface area (Å²) in [6, 6.07) is 15.8. The SMILES string of the molecule is Cc1cc([C@@]2(c3cc(C(C)C)c(OC(=O)C4[C@H]5CCCC[C@H]45)cc3C)OC(=O)c3ccccc32)c(C(C)C)cc1OC(=O)C1[C@@H]2CCCC[C@@H]12. The highest BCUT2D eigenvalue weighted by atomic mass is 16.6. The number of esters is 3. The lowest BCUT2D eigenvalue weighted by atomic mass is 9.73. The molecular weight excluding hydrogens is 624 g/mol. The molecule has 4 saturated carbocycles. The smallest absolute Gasteiger partial charge is 0.340 e. The lowest BCUT2D eigenvalue weighted by molar-refractivity contribution is -0.137. The lowest BCUT2D eigenvalue weighted by Crippen LogP contribution is -2.32. The zero-order valence-corrected chi connectivity index (χ0v) is 30.3. The highest BCUT2D eigenvalue weighted by molar-refractivity contribution is 5.96. The highest BCUT2D eigenvalue weighted by Crippen LogP contribution is 2.58. The van der Waals surface area contributed by atoms with Crippen molar-refractivity contribution in [2.24, 2.45) is 35.5 Å². The van der Waals surface area contributed by atoms with Crippen molar-refractivity contribution in [1.82, 2.24) is 0 Å². The molecule has 0 amide bonds. The zero-order chi connectivity index (χ0) is 35.1. The molecule has 1 heterocycles. The standard InChI is InChI=1S/C44H50O6/c1-23(2)32-22-37(48-42(46)39-27-13-7-8-14-28(27)39)26(6)19-36(32)44(34-18-12-11-17-31(34)41(45)50-44)35-21-33(24(3)4)38(20-25(35)5)49-43(47)40-29-15-9-10-16-30(29)40/h11-12,17-24,27-30,39-40H,7-10,13-16H2,1-6H3/t27-,28-,29+,30+,44-/m1/s1. The Hall–Kier alpha value is -3.93. The molecule has 0 N–H and O–H groups in total. The third-order valence-electron chi connectivity index (χ3n) is 12.8. The van der Waals surface area contributed by atoms with Crippen molar-refractivity contribution < 1.29 is 28.6 Å². The summed E-state index contributed by atoms with van der Waals surface area (Å²) in [5.41, 5.74) is 5.30. The van der Waals surface area contributed by atoms with E-state index >= 15 is 0 Å². The Morgan fingerprint density at radius 2 is 1.20 bits per heavy atom. The van der Waals surface area contributed by atoms with E-state index in [-0.39, 0.29) is 41.6 Å². The van der Waals surface area contributed by atoms with Crippen LogP contribution in [-0.4, -0.2) is 17.9 Å². The van der Waals surface area contributed by atoms with Crippen LogP contribution in [0.3, 0.4) is 0 Å². The maximum Gasteiger partial charge on any atom is 0.340 e. The van der Waals surface area contributed by atoms with Gasteiger partial charge in [0.25, 0.3) is 0 Å². The molecule has 0 aromatic heterocycles. The fourth-order valence-electron chi connectivity index (χ4n) is 10.0. The summed E-state index contributed by atoms with van der Waals surface area (Å²) in [5, 5.41) is 0. The molecule has 3 aromatic rings. The van der Waals surface area contributed by atoms with E-state index in [1.54, 1.807) is 0 Å². The van der Waals surface area contributed by atoms with E-state index in [4.69, 9.17) is 14.2 Å². The molecule has 0 unspecified atom stereocenters. The number of cyclic esters (lactones) is 1. The monoisotopic (exact) mass is 674 g/mol. The number of carbonyl (C=O) groups is 3. The number of aryl methyl sites for hydroxylation is 2. The fourth-order valence-corrected chi connectivity index (χ4v) is 10.0. The predicted molar refractivity (Wildman–Crippen MR) is 191 cm³/mol. The minimum atomic E-state index is -1.26. The summed E-state index contributed by atoms with van der Waals surface area (Å²) in [6.07, 6.45) is 9.24. The van der Waals surface area contributed by atoms with E-state index < -0.39 is 5.60 Å². The second-order valence-electron chi connectivity index (χ2n) is 16.5. The Morgan fingerprint density at radius 3 is 1.76 bits per heavy atom. The van der Waals surface area contributed by atoms with Gasteiger partial charge in [-0.3, -0.25) is 9.59 Å². The van der Waals surface area contributed by atoms with Gasteiger partial charge in [-0.15, -0.1) is 0 Å². The molecule has 5 aliphatic rings. The van der Waals surface area contributed by atoms with Gasteiger partial charge in [-0.1, -0.05) is 71.6 Å². The van der Waals surface area contributed by atoms with Gasteiger partial charge < -0.3 is 14.2 Å². The molecule has 3 aromatic carbocycles. The molecule has 0 radical (unpaired) electrons. The first-order chi connectivity index (χ1) is 24.0. The zero-order valence-electron chi connectivity index (χ0n) is 30.3. The topological polar surface area (TPSA) is 78.9 Å². The molecule has 4 fully saturated rings. The quantitative estimate of drug-likeness (QED) is 0.175. The summed E-state index contributed by atoms with van der Waals surface area (Å²) in [4.78, 5) is 40.8. The molecule has 1 aliphatic heterocycles. The van der Waals surface area contributed by atoms with E-state index in [2.05, 4.69) is 39.8 Å². The van der Waals surface area contributed by atoms with Gasteiger partial charge in [0.15, 0.2) is 5.60 Å². The van der Waals surface area contributed by atoms with Crippen molar-refractivity contribution in [1.29, 1.82) is 0 Å². The molecule has 5 atom stereocenters. The van der Waals surface area contributed by atoms with Crippen molar-refractivity contribution in [3.63, 3.8) is 0 Å². The molecular formula is C44H50O6. The summed E-state index contributed by atoms with van der Waals surface area (Å²) >= 11 is 0. The van der Waals surface area contributed by atoms with Crippen molar-refractivity contribution in [2.75, 3.05) is 0 Å². The normalized spacial score (nSPS) is 29.2. The van der Waals surface area contributed by atoms with Gasteiger partial charge in [-0.2, -0.15) is 0 Å². The molecule has 0 bridgehead atoms. The van der Waals surface area contributed by atoms with Crippen LogP contribution in [0.4, 0.5) is 0 Å². The Balaban J connectivity index is 1.23. The molecule has 4 aliphatic carbocycles. The van der Waals surface area contributed by atoms with Crippen molar-refractivity contribution in [2.45, 2.75) is 110 Å².